The third-order valence-corrected chi connectivity index (χ3v) is 13.2. The maximum Gasteiger partial charge on any atom is 0.402 e. The number of carbonyl (C=O) groups is 3. The molecule has 3 fully saturated rings. The van der Waals surface area contributed by atoms with Gasteiger partial charge in [0.2, 0.25) is 0 Å². The molecule has 1 saturated heterocycles. The van der Waals surface area contributed by atoms with E-state index in [2.05, 4.69) is 4.74 Å². The summed E-state index contributed by atoms with van der Waals surface area (Å²) in [4.78, 5) is 36.2. The summed E-state index contributed by atoms with van der Waals surface area (Å²) >= 11 is 3.47. The summed E-state index contributed by atoms with van der Waals surface area (Å²) in [6.45, 7) is -1.43. The first-order valence-electron chi connectivity index (χ1n) is 15.3. The van der Waals surface area contributed by atoms with Gasteiger partial charge in [-0.2, -0.15) is 17.2 Å². The van der Waals surface area contributed by atoms with Crippen LogP contribution in [0.4, 0.5) is 8.78 Å². The van der Waals surface area contributed by atoms with Crippen molar-refractivity contribution in [3.05, 3.63) is 0 Å². The van der Waals surface area contributed by atoms with E-state index in [-0.39, 0.29) is 47.1 Å². The zero-order chi connectivity index (χ0) is 30.6. The number of hydrogen-bond donors (Lipinski definition) is 1. The maximum absolute atomic E-state index is 13.4. The molecule has 0 bridgehead atoms. The Morgan fingerprint density at radius 3 is 2.07 bits per heavy atom. The van der Waals surface area contributed by atoms with E-state index in [0.29, 0.717) is 24.7 Å². The molecule has 0 amide bonds. The van der Waals surface area contributed by atoms with Gasteiger partial charge in [-0.25, -0.2) is 0 Å². The molecule has 0 spiro atoms. The Hall–Kier alpha value is -0.920. The minimum Gasteiger partial charge on any atom is -0.464 e. The Balaban J connectivity index is 1.43. The van der Waals surface area contributed by atoms with E-state index in [4.69, 9.17) is 9.29 Å². The second kappa shape index (κ2) is 17.5. The number of aldehydes is 1. The fourth-order valence-corrected chi connectivity index (χ4v) is 10.1. The van der Waals surface area contributed by atoms with Gasteiger partial charge in [0.1, 0.15) is 12.9 Å². The summed E-state index contributed by atoms with van der Waals surface area (Å²) in [6, 6.07) is 0. The molecule has 4 atom stereocenters. The standard InChI is InChI=1S/C29H46F2O8S3/c30-29(31,42(35,36)37)20-39-27(34)14-12-24(16-22-9-5-2-6-10-22)28-40-19-25(41-28)18-38-26(33)13-11-23(17-32)15-21-7-3-1-4-8-21/h17,21-25,28H,1-16,18-20H2,(H,35,36,37). The predicted octanol–water partition coefficient (Wildman–Crippen LogP) is 6.66. The lowest BCUT2D eigenvalue weighted by Crippen LogP contribution is -2.34. The fourth-order valence-electron chi connectivity index (χ4n) is 6.29. The van der Waals surface area contributed by atoms with Crippen LogP contribution >= 0.6 is 23.5 Å². The predicted molar refractivity (Wildman–Crippen MR) is 160 cm³/mol. The average molecular weight is 657 g/mol. The largest absolute Gasteiger partial charge is 0.464 e. The van der Waals surface area contributed by atoms with Crippen LogP contribution in [-0.4, -0.2) is 65.2 Å². The minimum absolute atomic E-state index is 0.0994. The van der Waals surface area contributed by atoms with Crippen LogP contribution in [0.5, 0.6) is 0 Å². The van der Waals surface area contributed by atoms with Crippen molar-refractivity contribution in [1.82, 2.24) is 0 Å². The Kier molecular flexibility index (Phi) is 14.8. The highest BCUT2D eigenvalue weighted by molar-refractivity contribution is 8.20. The van der Waals surface area contributed by atoms with Gasteiger partial charge in [-0.05, 0) is 43.4 Å². The number of carbonyl (C=O) groups excluding carboxylic acids is 3. The van der Waals surface area contributed by atoms with Crippen molar-refractivity contribution in [3.63, 3.8) is 0 Å². The van der Waals surface area contributed by atoms with Crippen molar-refractivity contribution in [1.29, 1.82) is 0 Å². The van der Waals surface area contributed by atoms with Crippen LogP contribution in [0.3, 0.4) is 0 Å². The second-order valence-electron chi connectivity index (χ2n) is 12.1. The molecule has 1 heterocycles. The van der Waals surface area contributed by atoms with Crippen LogP contribution in [0.25, 0.3) is 0 Å². The first-order valence-corrected chi connectivity index (χ1v) is 18.8. The highest BCUT2D eigenvalue weighted by Gasteiger charge is 2.45. The van der Waals surface area contributed by atoms with E-state index in [9.17, 15) is 31.6 Å². The van der Waals surface area contributed by atoms with Gasteiger partial charge in [0.05, 0.1) is 4.58 Å². The molecule has 1 N–H and O–H groups in total. The van der Waals surface area contributed by atoms with Crippen molar-refractivity contribution in [2.45, 2.75) is 118 Å². The van der Waals surface area contributed by atoms with E-state index in [1.54, 1.807) is 23.5 Å². The summed E-state index contributed by atoms with van der Waals surface area (Å²) in [5, 5.41) is -4.45. The third-order valence-electron chi connectivity index (χ3n) is 8.72. The molecule has 0 radical (unpaired) electrons. The molecule has 3 rings (SSSR count). The summed E-state index contributed by atoms with van der Waals surface area (Å²) in [5.74, 6) is 0.689. The van der Waals surface area contributed by atoms with Gasteiger partial charge in [0, 0.05) is 29.8 Å². The van der Waals surface area contributed by atoms with Crippen molar-refractivity contribution in [2.24, 2.45) is 23.7 Å². The van der Waals surface area contributed by atoms with Crippen molar-refractivity contribution in [3.8, 4) is 0 Å². The van der Waals surface area contributed by atoms with Crippen LogP contribution in [-0.2, 0) is 34.0 Å². The Bertz CT molecular complexity index is 968. The van der Waals surface area contributed by atoms with Gasteiger partial charge >= 0.3 is 27.3 Å². The molecule has 42 heavy (non-hydrogen) atoms. The quantitative estimate of drug-likeness (QED) is 0.103. The molecule has 4 unspecified atom stereocenters. The zero-order valence-electron chi connectivity index (χ0n) is 24.3. The van der Waals surface area contributed by atoms with Crippen LogP contribution in [0.1, 0.15) is 103 Å². The molecule has 0 aromatic heterocycles. The summed E-state index contributed by atoms with van der Waals surface area (Å²) in [7, 11) is -5.66. The number of hydrogen-bond acceptors (Lipinski definition) is 9. The molecular weight excluding hydrogens is 611 g/mol. The molecule has 13 heteroatoms. The first kappa shape index (κ1) is 35.6. The monoisotopic (exact) mass is 656 g/mol. The van der Waals surface area contributed by atoms with E-state index in [0.717, 1.165) is 37.7 Å². The average Bonchev–Trinajstić information content (AvgIpc) is 3.44. The number of esters is 2. The molecule has 2 saturated carbocycles. The molecule has 0 aromatic carbocycles. The first-order chi connectivity index (χ1) is 20.0. The van der Waals surface area contributed by atoms with E-state index < -0.39 is 27.9 Å². The van der Waals surface area contributed by atoms with Crippen LogP contribution < -0.4 is 0 Å². The molecule has 1 aliphatic heterocycles. The summed E-state index contributed by atoms with van der Waals surface area (Å²) in [5.41, 5.74) is 0. The topological polar surface area (TPSA) is 124 Å². The number of alkyl halides is 2. The van der Waals surface area contributed by atoms with Crippen molar-refractivity contribution >= 4 is 51.9 Å². The number of halogens is 2. The van der Waals surface area contributed by atoms with E-state index in [1.807, 2.05) is 0 Å². The third kappa shape index (κ3) is 12.2. The lowest BCUT2D eigenvalue weighted by molar-refractivity contribution is -0.150. The van der Waals surface area contributed by atoms with Crippen molar-refractivity contribution < 1.29 is 45.6 Å². The van der Waals surface area contributed by atoms with Gasteiger partial charge in [-0.1, -0.05) is 64.2 Å². The molecule has 0 aromatic rings. The van der Waals surface area contributed by atoms with Gasteiger partial charge in [-0.15, -0.1) is 23.5 Å². The zero-order valence-corrected chi connectivity index (χ0v) is 26.7. The molecule has 2 aliphatic carbocycles. The normalized spacial score (nSPS) is 24.2. The minimum atomic E-state index is -5.66. The number of rotatable bonds is 17. The molecule has 8 nitrogen and oxygen atoms in total. The van der Waals surface area contributed by atoms with Crippen LogP contribution in [0.15, 0.2) is 0 Å². The maximum atomic E-state index is 13.4. The van der Waals surface area contributed by atoms with Gasteiger partial charge < -0.3 is 14.3 Å². The van der Waals surface area contributed by atoms with Crippen LogP contribution in [0, 0.1) is 23.7 Å². The summed E-state index contributed by atoms with van der Waals surface area (Å²) < 4.78 is 67.3. The van der Waals surface area contributed by atoms with E-state index >= 15 is 0 Å². The highest BCUT2D eigenvalue weighted by Crippen LogP contribution is 2.47. The van der Waals surface area contributed by atoms with Gasteiger partial charge in [0.15, 0.2) is 6.61 Å². The summed E-state index contributed by atoms with van der Waals surface area (Å²) in [6.07, 6.45) is 15.6. The van der Waals surface area contributed by atoms with Crippen molar-refractivity contribution in [2.75, 3.05) is 19.0 Å². The number of ether oxygens (including phenoxy) is 2. The van der Waals surface area contributed by atoms with Gasteiger partial charge in [-0.3, -0.25) is 14.1 Å². The molecule has 242 valence electrons. The lowest BCUT2D eigenvalue weighted by Gasteiger charge is -2.29. The lowest BCUT2D eigenvalue weighted by atomic mass is 9.82. The molecule has 3 aliphatic rings. The highest BCUT2D eigenvalue weighted by atomic mass is 32.2. The smallest absolute Gasteiger partial charge is 0.402 e. The Labute approximate surface area is 257 Å². The molecular formula is C29H46F2O8S3. The van der Waals surface area contributed by atoms with Crippen LogP contribution in [0.2, 0.25) is 0 Å². The van der Waals surface area contributed by atoms with Gasteiger partial charge in [0.25, 0.3) is 0 Å². The SMILES string of the molecule is O=CC(CCC(=O)OCC1CSC(C(CCC(=O)OCC(F)(F)S(=O)(=O)O)CC2CCCCC2)S1)CC1CCCCC1. The number of thioether (sulfide) groups is 2. The Morgan fingerprint density at radius 2 is 1.48 bits per heavy atom. The Morgan fingerprint density at radius 1 is 0.905 bits per heavy atom. The van der Waals surface area contributed by atoms with E-state index in [1.165, 1.54) is 51.4 Å². The second-order valence-corrected chi connectivity index (χ2v) is 16.6. The fraction of sp³-hybridized carbons (Fsp3) is 0.897.